The highest BCUT2D eigenvalue weighted by Gasteiger charge is 2.28. The van der Waals surface area contributed by atoms with E-state index < -0.39 is 0 Å². The Labute approximate surface area is 172 Å². The molecule has 0 N–H and O–H groups in total. The standard InChI is InChI=1S/C21H21N3O6/c1-27-15-10-14(11-16(12-15)28-2)20(25)23-5-7-24(8-6-23)21(26)17-13-19(30-22-17)18-4-3-9-29-18/h3-4,9-13H,5-8H2,1-2H3. The lowest BCUT2D eigenvalue weighted by Gasteiger charge is -2.34. The first-order chi connectivity index (χ1) is 14.6. The number of furan rings is 1. The minimum Gasteiger partial charge on any atom is -0.497 e. The number of rotatable bonds is 5. The molecule has 3 heterocycles. The van der Waals surface area contributed by atoms with Gasteiger partial charge in [0.25, 0.3) is 11.8 Å². The predicted molar refractivity (Wildman–Crippen MR) is 106 cm³/mol. The third-order valence-corrected chi connectivity index (χ3v) is 4.95. The van der Waals surface area contributed by atoms with Crippen LogP contribution in [0.2, 0.25) is 0 Å². The lowest BCUT2D eigenvalue weighted by Crippen LogP contribution is -2.50. The largest absolute Gasteiger partial charge is 0.497 e. The number of carbonyl (C=O) groups excluding carboxylic acids is 2. The Hall–Kier alpha value is -3.75. The highest BCUT2D eigenvalue weighted by Crippen LogP contribution is 2.24. The van der Waals surface area contributed by atoms with Crippen LogP contribution in [0.15, 0.2) is 51.6 Å². The van der Waals surface area contributed by atoms with E-state index >= 15 is 0 Å². The zero-order valence-corrected chi connectivity index (χ0v) is 16.7. The van der Waals surface area contributed by atoms with E-state index in [0.717, 1.165) is 0 Å². The Balaban J connectivity index is 1.40. The summed E-state index contributed by atoms with van der Waals surface area (Å²) in [6.07, 6.45) is 1.52. The van der Waals surface area contributed by atoms with Crippen LogP contribution < -0.4 is 9.47 Å². The second-order valence-corrected chi connectivity index (χ2v) is 6.74. The molecular formula is C21H21N3O6. The molecule has 9 heteroatoms. The molecule has 2 aromatic heterocycles. The van der Waals surface area contributed by atoms with Gasteiger partial charge in [-0.15, -0.1) is 0 Å². The topological polar surface area (TPSA) is 98.2 Å². The fourth-order valence-electron chi connectivity index (χ4n) is 3.30. The first kappa shape index (κ1) is 19.6. The molecule has 1 aromatic carbocycles. The van der Waals surface area contributed by atoms with Crippen molar-refractivity contribution in [2.45, 2.75) is 0 Å². The maximum absolute atomic E-state index is 12.9. The van der Waals surface area contributed by atoms with E-state index in [-0.39, 0.29) is 17.5 Å². The van der Waals surface area contributed by atoms with Gasteiger partial charge < -0.3 is 28.2 Å². The number of carbonyl (C=O) groups is 2. The summed E-state index contributed by atoms with van der Waals surface area (Å²) < 4.78 is 20.9. The smallest absolute Gasteiger partial charge is 0.276 e. The molecule has 0 atom stereocenters. The average Bonchev–Trinajstić information content (AvgIpc) is 3.50. The maximum Gasteiger partial charge on any atom is 0.276 e. The number of methoxy groups -OCH3 is 2. The monoisotopic (exact) mass is 411 g/mol. The molecule has 1 saturated heterocycles. The SMILES string of the molecule is COc1cc(OC)cc(C(=O)N2CCN(C(=O)c3cc(-c4ccco4)on3)CC2)c1. The van der Waals surface area contributed by atoms with Crippen molar-refractivity contribution in [2.75, 3.05) is 40.4 Å². The summed E-state index contributed by atoms with van der Waals surface area (Å²) in [6.45, 7) is 1.61. The van der Waals surface area contributed by atoms with Gasteiger partial charge in [0.15, 0.2) is 11.5 Å². The van der Waals surface area contributed by atoms with Crippen molar-refractivity contribution in [3.63, 3.8) is 0 Å². The van der Waals surface area contributed by atoms with Crippen molar-refractivity contribution in [1.29, 1.82) is 0 Å². The van der Waals surface area contributed by atoms with Crippen LogP contribution in [0.5, 0.6) is 11.5 Å². The van der Waals surface area contributed by atoms with Gasteiger partial charge in [0.05, 0.1) is 20.5 Å². The van der Waals surface area contributed by atoms with E-state index in [4.69, 9.17) is 18.4 Å². The zero-order chi connectivity index (χ0) is 21.1. The molecule has 0 radical (unpaired) electrons. The van der Waals surface area contributed by atoms with Gasteiger partial charge in [0.1, 0.15) is 11.5 Å². The Kier molecular flexibility index (Phi) is 5.42. The van der Waals surface area contributed by atoms with Crippen LogP contribution in [0, 0.1) is 0 Å². The van der Waals surface area contributed by atoms with Crippen molar-refractivity contribution in [3.8, 4) is 23.0 Å². The summed E-state index contributed by atoms with van der Waals surface area (Å²) in [5.74, 6) is 1.61. The molecule has 4 rings (SSSR count). The fraction of sp³-hybridized carbons (Fsp3) is 0.286. The molecule has 0 aliphatic carbocycles. The third kappa shape index (κ3) is 3.86. The number of benzene rings is 1. The van der Waals surface area contributed by atoms with E-state index in [2.05, 4.69) is 5.16 Å². The first-order valence-electron chi connectivity index (χ1n) is 9.41. The minimum atomic E-state index is -0.244. The molecule has 30 heavy (non-hydrogen) atoms. The first-order valence-corrected chi connectivity index (χ1v) is 9.41. The van der Waals surface area contributed by atoms with E-state index in [9.17, 15) is 9.59 Å². The van der Waals surface area contributed by atoms with Gasteiger partial charge in [-0.1, -0.05) is 5.16 Å². The van der Waals surface area contributed by atoms with Crippen LogP contribution in [0.3, 0.4) is 0 Å². The number of amides is 2. The van der Waals surface area contributed by atoms with Crippen LogP contribution in [0.4, 0.5) is 0 Å². The highest BCUT2D eigenvalue weighted by molar-refractivity contribution is 5.96. The van der Waals surface area contributed by atoms with Crippen molar-refractivity contribution >= 4 is 11.8 Å². The zero-order valence-electron chi connectivity index (χ0n) is 16.7. The highest BCUT2D eigenvalue weighted by atomic mass is 16.5. The number of hydrogen-bond donors (Lipinski definition) is 0. The predicted octanol–water partition coefficient (Wildman–Crippen LogP) is 2.55. The van der Waals surface area contributed by atoms with Crippen molar-refractivity contribution in [2.24, 2.45) is 0 Å². The van der Waals surface area contributed by atoms with Gasteiger partial charge >= 0.3 is 0 Å². The van der Waals surface area contributed by atoms with Gasteiger partial charge in [-0.25, -0.2) is 0 Å². The summed E-state index contributed by atoms with van der Waals surface area (Å²) in [7, 11) is 3.07. The summed E-state index contributed by atoms with van der Waals surface area (Å²) in [5, 5.41) is 3.85. The van der Waals surface area contributed by atoms with Crippen LogP contribution in [0.1, 0.15) is 20.8 Å². The molecule has 2 amide bonds. The van der Waals surface area contributed by atoms with Crippen LogP contribution in [-0.4, -0.2) is 67.2 Å². The van der Waals surface area contributed by atoms with Gasteiger partial charge in [-0.3, -0.25) is 9.59 Å². The normalized spacial score (nSPS) is 13.9. The molecular weight excluding hydrogens is 390 g/mol. The molecule has 0 bridgehead atoms. The second-order valence-electron chi connectivity index (χ2n) is 6.74. The lowest BCUT2D eigenvalue weighted by atomic mass is 10.1. The van der Waals surface area contributed by atoms with Crippen LogP contribution in [-0.2, 0) is 0 Å². The lowest BCUT2D eigenvalue weighted by molar-refractivity contribution is 0.0529. The Bertz CT molecular complexity index is 1010. The minimum absolute atomic E-state index is 0.138. The van der Waals surface area contributed by atoms with Gasteiger partial charge in [0, 0.05) is 43.9 Å². The van der Waals surface area contributed by atoms with Gasteiger partial charge in [-0.05, 0) is 24.3 Å². The molecule has 0 saturated carbocycles. The van der Waals surface area contributed by atoms with Crippen molar-refractivity contribution < 1.29 is 28.0 Å². The van der Waals surface area contributed by atoms with Crippen molar-refractivity contribution in [1.82, 2.24) is 15.0 Å². The molecule has 1 aliphatic heterocycles. The average molecular weight is 411 g/mol. The maximum atomic E-state index is 12.9. The van der Waals surface area contributed by atoms with Gasteiger partial charge in [-0.2, -0.15) is 0 Å². The van der Waals surface area contributed by atoms with Crippen LogP contribution in [0.25, 0.3) is 11.5 Å². The molecule has 1 fully saturated rings. The van der Waals surface area contributed by atoms with Crippen LogP contribution >= 0.6 is 0 Å². The number of ether oxygens (including phenoxy) is 2. The molecule has 156 valence electrons. The molecule has 1 aliphatic rings. The third-order valence-electron chi connectivity index (χ3n) is 4.95. The molecule has 0 unspecified atom stereocenters. The quantitative estimate of drug-likeness (QED) is 0.636. The van der Waals surface area contributed by atoms with E-state index in [0.29, 0.717) is 54.8 Å². The molecule has 0 spiro atoms. The Morgan fingerprint density at radius 2 is 1.53 bits per heavy atom. The Morgan fingerprint density at radius 1 is 0.900 bits per heavy atom. The Morgan fingerprint density at radius 3 is 2.10 bits per heavy atom. The van der Waals surface area contributed by atoms with E-state index in [1.165, 1.54) is 20.5 Å². The summed E-state index contributed by atoms with van der Waals surface area (Å²) >= 11 is 0. The number of piperazine rings is 1. The number of nitrogens with zero attached hydrogens (tertiary/aromatic N) is 3. The number of hydrogen-bond acceptors (Lipinski definition) is 7. The summed E-state index contributed by atoms with van der Waals surface area (Å²) in [5.41, 5.74) is 0.685. The van der Waals surface area contributed by atoms with Crippen molar-refractivity contribution in [3.05, 3.63) is 53.9 Å². The molecule has 3 aromatic rings. The summed E-state index contributed by atoms with van der Waals surface area (Å²) in [6, 6.07) is 10.1. The van der Waals surface area contributed by atoms with E-state index in [1.807, 2.05) is 0 Å². The van der Waals surface area contributed by atoms with E-state index in [1.54, 1.807) is 46.2 Å². The summed E-state index contributed by atoms with van der Waals surface area (Å²) in [4.78, 5) is 29.0. The second kappa shape index (κ2) is 8.32. The number of aromatic nitrogens is 1. The van der Waals surface area contributed by atoms with Gasteiger partial charge in [0.2, 0.25) is 5.76 Å². The fourth-order valence-corrected chi connectivity index (χ4v) is 3.30. The molecule has 9 nitrogen and oxygen atoms in total.